The van der Waals surface area contributed by atoms with Crippen LogP contribution in [0.3, 0.4) is 0 Å². The molecule has 0 fully saturated rings. The van der Waals surface area contributed by atoms with Gasteiger partial charge in [-0.3, -0.25) is 4.72 Å². The Morgan fingerprint density at radius 2 is 2.15 bits per heavy atom. The minimum Gasteiger partial charge on any atom is -0.385 e. The first-order valence-corrected chi connectivity index (χ1v) is 7.93. The van der Waals surface area contributed by atoms with Crippen LogP contribution in [0.1, 0.15) is 17.5 Å². The molecule has 0 aliphatic rings. The predicted molar refractivity (Wildman–Crippen MR) is 81.0 cm³/mol. The molecule has 20 heavy (non-hydrogen) atoms. The number of rotatable bonds is 6. The van der Waals surface area contributed by atoms with Crippen LogP contribution in [-0.2, 0) is 14.8 Å². The average molecular weight is 296 g/mol. The van der Waals surface area contributed by atoms with E-state index >= 15 is 0 Å². The van der Waals surface area contributed by atoms with E-state index in [0.29, 0.717) is 18.7 Å². The number of sulfonamides is 1. The fourth-order valence-corrected chi connectivity index (χ4v) is 2.73. The second kappa shape index (κ2) is 7.90. The molecule has 1 rings (SSSR count). The highest BCUT2D eigenvalue weighted by Crippen LogP contribution is 2.18. The maximum absolute atomic E-state index is 11.9. The minimum atomic E-state index is -3.37. The molecule has 0 aromatic heterocycles. The van der Waals surface area contributed by atoms with Crippen LogP contribution >= 0.6 is 0 Å². The normalized spacial score (nSPS) is 10.8. The summed E-state index contributed by atoms with van der Waals surface area (Å²) in [6.45, 7) is 2.53. The molecule has 0 saturated carbocycles. The van der Waals surface area contributed by atoms with E-state index in [0.717, 1.165) is 11.1 Å². The van der Waals surface area contributed by atoms with E-state index in [4.69, 9.17) is 10.5 Å². The molecule has 1 aromatic carbocycles. The number of nitrogens with two attached hydrogens (primary N) is 1. The molecule has 1 aromatic rings. The molecule has 6 heteroatoms. The monoisotopic (exact) mass is 296 g/mol. The number of ether oxygens (including phenoxy) is 1. The van der Waals surface area contributed by atoms with Crippen molar-refractivity contribution in [2.45, 2.75) is 13.3 Å². The van der Waals surface area contributed by atoms with Crippen LogP contribution in [0.25, 0.3) is 0 Å². The Bertz CT molecular complexity index is 601. The summed E-state index contributed by atoms with van der Waals surface area (Å²) in [7, 11) is -1.82. The van der Waals surface area contributed by atoms with E-state index < -0.39 is 10.0 Å². The van der Waals surface area contributed by atoms with Gasteiger partial charge in [0, 0.05) is 19.3 Å². The van der Waals surface area contributed by atoms with Crippen molar-refractivity contribution in [2.24, 2.45) is 5.73 Å². The lowest BCUT2D eigenvalue weighted by Crippen LogP contribution is -2.18. The molecule has 0 aliphatic carbocycles. The first kappa shape index (κ1) is 16.5. The lowest BCUT2D eigenvalue weighted by Gasteiger charge is -2.10. The molecule has 0 aliphatic heterocycles. The van der Waals surface area contributed by atoms with Gasteiger partial charge in [0.1, 0.15) is 0 Å². The quantitative estimate of drug-likeness (QED) is 0.608. The Kier molecular flexibility index (Phi) is 6.52. The third-order valence-electron chi connectivity index (χ3n) is 2.60. The summed E-state index contributed by atoms with van der Waals surface area (Å²) in [5.41, 5.74) is 7.44. The van der Waals surface area contributed by atoms with Crippen molar-refractivity contribution in [3.8, 4) is 11.8 Å². The lowest BCUT2D eigenvalue weighted by atomic mass is 10.1. The third kappa shape index (κ3) is 5.61. The fraction of sp³-hybridized carbons (Fsp3) is 0.429. The maximum Gasteiger partial charge on any atom is 0.232 e. The summed E-state index contributed by atoms with van der Waals surface area (Å²) in [5.74, 6) is 5.65. The summed E-state index contributed by atoms with van der Waals surface area (Å²) in [5, 5.41) is 0. The van der Waals surface area contributed by atoms with Crippen LogP contribution in [0.5, 0.6) is 0 Å². The van der Waals surface area contributed by atoms with Gasteiger partial charge in [0.05, 0.1) is 18.0 Å². The first-order chi connectivity index (χ1) is 9.48. The van der Waals surface area contributed by atoms with Crippen LogP contribution < -0.4 is 10.5 Å². The summed E-state index contributed by atoms with van der Waals surface area (Å²) in [6, 6.07) is 5.38. The number of aryl methyl sites for hydroxylation is 1. The van der Waals surface area contributed by atoms with Gasteiger partial charge in [0.2, 0.25) is 10.0 Å². The summed E-state index contributed by atoms with van der Waals surface area (Å²) < 4.78 is 31.3. The standard InChI is InChI=1S/C14H20N2O3S/c1-12-6-7-13(5-3-8-15)11-14(12)16-20(17,18)10-4-9-19-2/h6-7,11,16H,4,8-10,15H2,1-2H3. The molecule has 0 spiro atoms. The van der Waals surface area contributed by atoms with Crippen molar-refractivity contribution in [3.63, 3.8) is 0 Å². The number of hydrogen-bond donors (Lipinski definition) is 2. The summed E-state index contributed by atoms with van der Waals surface area (Å²) in [4.78, 5) is 0. The molecule has 0 heterocycles. The third-order valence-corrected chi connectivity index (χ3v) is 3.96. The van der Waals surface area contributed by atoms with E-state index in [1.165, 1.54) is 0 Å². The van der Waals surface area contributed by atoms with Crippen molar-refractivity contribution < 1.29 is 13.2 Å². The van der Waals surface area contributed by atoms with E-state index in [1.54, 1.807) is 13.2 Å². The molecular weight excluding hydrogens is 276 g/mol. The molecule has 0 saturated heterocycles. The van der Waals surface area contributed by atoms with Gasteiger partial charge in [-0.1, -0.05) is 17.9 Å². The molecule has 3 N–H and O–H groups in total. The van der Waals surface area contributed by atoms with Crippen molar-refractivity contribution in [3.05, 3.63) is 29.3 Å². The zero-order valence-corrected chi connectivity index (χ0v) is 12.6. The molecule has 0 unspecified atom stereocenters. The number of benzene rings is 1. The molecule has 5 nitrogen and oxygen atoms in total. The number of methoxy groups -OCH3 is 1. The molecule has 0 bridgehead atoms. The highest BCUT2D eigenvalue weighted by Gasteiger charge is 2.11. The highest BCUT2D eigenvalue weighted by molar-refractivity contribution is 7.92. The van der Waals surface area contributed by atoms with Crippen LogP contribution in [0.4, 0.5) is 5.69 Å². The minimum absolute atomic E-state index is 0.0268. The van der Waals surface area contributed by atoms with Crippen molar-refractivity contribution >= 4 is 15.7 Å². The fourth-order valence-electron chi connectivity index (χ4n) is 1.57. The van der Waals surface area contributed by atoms with Gasteiger partial charge in [-0.25, -0.2) is 8.42 Å². The number of nitrogens with one attached hydrogen (secondary N) is 1. The SMILES string of the molecule is COCCCS(=O)(=O)Nc1cc(C#CCN)ccc1C. The number of hydrogen-bond acceptors (Lipinski definition) is 4. The van der Waals surface area contributed by atoms with E-state index in [1.807, 2.05) is 19.1 Å². The van der Waals surface area contributed by atoms with E-state index in [-0.39, 0.29) is 12.3 Å². The van der Waals surface area contributed by atoms with E-state index in [2.05, 4.69) is 16.6 Å². The van der Waals surface area contributed by atoms with Gasteiger partial charge < -0.3 is 10.5 Å². The smallest absolute Gasteiger partial charge is 0.232 e. The average Bonchev–Trinajstić information content (AvgIpc) is 2.39. The van der Waals surface area contributed by atoms with Gasteiger partial charge in [0.25, 0.3) is 0 Å². The van der Waals surface area contributed by atoms with Gasteiger partial charge in [-0.05, 0) is 31.0 Å². The van der Waals surface area contributed by atoms with Gasteiger partial charge in [0.15, 0.2) is 0 Å². The summed E-state index contributed by atoms with van der Waals surface area (Å²) in [6.07, 6.45) is 0.456. The summed E-state index contributed by atoms with van der Waals surface area (Å²) >= 11 is 0. The zero-order valence-electron chi connectivity index (χ0n) is 11.8. The lowest BCUT2D eigenvalue weighted by molar-refractivity contribution is 0.199. The van der Waals surface area contributed by atoms with Crippen molar-refractivity contribution in [2.75, 3.05) is 30.7 Å². The van der Waals surface area contributed by atoms with Gasteiger partial charge >= 0.3 is 0 Å². The second-order valence-electron chi connectivity index (χ2n) is 4.30. The largest absolute Gasteiger partial charge is 0.385 e. The van der Waals surface area contributed by atoms with Crippen LogP contribution in [0.2, 0.25) is 0 Å². The Morgan fingerprint density at radius 1 is 1.40 bits per heavy atom. The number of anilines is 1. The van der Waals surface area contributed by atoms with Crippen LogP contribution in [0, 0.1) is 18.8 Å². The molecule has 0 radical (unpaired) electrons. The predicted octanol–water partition coefficient (Wildman–Crippen LogP) is 1.08. The Morgan fingerprint density at radius 3 is 2.80 bits per heavy atom. The molecule has 110 valence electrons. The first-order valence-electron chi connectivity index (χ1n) is 6.27. The highest BCUT2D eigenvalue weighted by atomic mass is 32.2. The molecule has 0 amide bonds. The Balaban J connectivity index is 2.85. The van der Waals surface area contributed by atoms with Crippen molar-refractivity contribution in [1.82, 2.24) is 0 Å². The Hall–Kier alpha value is -1.55. The second-order valence-corrected chi connectivity index (χ2v) is 6.14. The van der Waals surface area contributed by atoms with E-state index in [9.17, 15) is 8.42 Å². The topological polar surface area (TPSA) is 81.4 Å². The van der Waals surface area contributed by atoms with Crippen molar-refractivity contribution in [1.29, 1.82) is 0 Å². The van der Waals surface area contributed by atoms with Crippen LogP contribution in [-0.4, -0.2) is 34.4 Å². The van der Waals surface area contributed by atoms with Gasteiger partial charge in [-0.15, -0.1) is 0 Å². The molecular formula is C14H20N2O3S. The Labute approximate surface area is 120 Å². The van der Waals surface area contributed by atoms with Gasteiger partial charge in [-0.2, -0.15) is 0 Å². The maximum atomic E-state index is 11.9. The van der Waals surface area contributed by atoms with Crippen LogP contribution in [0.15, 0.2) is 18.2 Å². The molecule has 0 atom stereocenters. The zero-order chi connectivity index (χ0) is 15.0.